The van der Waals surface area contributed by atoms with Crippen molar-refractivity contribution in [2.75, 3.05) is 13.9 Å². The molecule has 4 nitrogen and oxygen atoms in total. The summed E-state index contributed by atoms with van der Waals surface area (Å²) in [7, 11) is 1.56. The molecule has 0 amide bonds. The van der Waals surface area contributed by atoms with Crippen LogP contribution in [0.15, 0.2) is 24.3 Å². The van der Waals surface area contributed by atoms with E-state index in [1.807, 2.05) is 20.8 Å². The Morgan fingerprint density at radius 2 is 1.72 bits per heavy atom. The fraction of sp³-hybridized carbons (Fsp3) is 0.500. The lowest BCUT2D eigenvalue weighted by atomic mass is 9.91. The van der Waals surface area contributed by atoms with Gasteiger partial charge >= 0.3 is 5.97 Å². The molecule has 0 aliphatic rings. The number of hydrogen-bond donors (Lipinski definition) is 0. The van der Waals surface area contributed by atoms with Gasteiger partial charge in [0.25, 0.3) is 0 Å². The molecule has 4 heteroatoms. The summed E-state index contributed by atoms with van der Waals surface area (Å²) in [5, 5.41) is 0. The molecule has 0 atom stereocenters. The van der Waals surface area contributed by atoms with Crippen LogP contribution in [0.3, 0.4) is 0 Å². The van der Waals surface area contributed by atoms with Gasteiger partial charge in [-0.15, -0.1) is 0 Å². The van der Waals surface area contributed by atoms with Gasteiger partial charge in [-0.3, -0.25) is 4.79 Å². The van der Waals surface area contributed by atoms with Crippen LogP contribution in [0.1, 0.15) is 27.2 Å². The van der Waals surface area contributed by atoms with Gasteiger partial charge < -0.3 is 14.2 Å². The van der Waals surface area contributed by atoms with E-state index < -0.39 is 5.41 Å². The molecular weight excluding hydrogens is 232 g/mol. The van der Waals surface area contributed by atoms with Gasteiger partial charge in [0.15, 0.2) is 6.79 Å². The predicted molar refractivity (Wildman–Crippen MR) is 68.7 cm³/mol. The first-order chi connectivity index (χ1) is 8.49. The summed E-state index contributed by atoms with van der Waals surface area (Å²) in [6, 6.07) is 6.88. The van der Waals surface area contributed by atoms with Crippen molar-refractivity contribution < 1.29 is 19.0 Å². The minimum atomic E-state index is -0.467. The van der Waals surface area contributed by atoms with E-state index in [-0.39, 0.29) is 12.8 Å². The number of carbonyl (C=O) groups excluding carboxylic acids is 1. The average molecular weight is 252 g/mol. The van der Waals surface area contributed by atoms with Crippen molar-refractivity contribution in [2.24, 2.45) is 5.41 Å². The second-order valence-electron chi connectivity index (χ2n) is 4.65. The molecule has 0 aromatic heterocycles. The van der Waals surface area contributed by atoms with Crippen molar-refractivity contribution >= 4 is 5.97 Å². The van der Waals surface area contributed by atoms with Crippen LogP contribution in [0.5, 0.6) is 11.5 Å². The van der Waals surface area contributed by atoms with Crippen LogP contribution in [0.2, 0.25) is 0 Å². The Morgan fingerprint density at radius 1 is 1.17 bits per heavy atom. The number of carbonyl (C=O) groups is 1. The summed E-state index contributed by atoms with van der Waals surface area (Å²) >= 11 is 0. The van der Waals surface area contributed by atoms with E-state index in [9.17, 15) is 4.79 Å². The molecular formula is C14H20O4. The zero-order chi connectivity index (χ0) is 13.6. The molecule has 0 unspecified atom stereocenters. The minimum Gasteiger partial charge on any atom is -0.468 e. The zero-order valence-electron chi connectivity index (χ0n) is 11.4. The van der Waals surface area contributed by atoms with Crippen LogP contribution >= 0.6 is 0 Å². The maximum atomic E-state index is 11.8. The zero-order valence-corrected chi connectivity index (χ0v) is 11.4. The molecule has 0 aliphatic heterocycles. The highest BCUT2D eigenvalue weighted by Crippen LogP contribution is 2.24. The van der Waals surface area contributed by atoms with Crippen LogP contribution in [-0.4, -0.2) is 19.9 Å². The summed E-state index contributed by atoms with van der Waals surface area (Å²) in [5.41, 5.74) is -0.467. The minimum absolute atomic E-state index is 0.196. The summed E-state index contributed by atoms with van der Waals surface area (Å²) in [6.45, 7) is 5.89. The first-order valence-corrected chi connectivity index (χ1v) is 5.93. The third-order valence-corrected chi connectivity index (χ3v) is 2.81. The van der Waals surface area contributed by atoms with Gasteiger partial charge in [0.05, 0.1) is 5.41 Å². The number of ether oxygens (including phenoxy) is 3. The third-order valence-electron chi connectivity index (χ3n) is 2.81. The van der Waals surface area contributed by atoms with Crippen molar-refractivity contribution in [3.63, 3.8) is 0 Å². The second kappa shape index (κ2) is 6.40. The highest BCUT2D eigenvalue weighted by molar-refractivity contribution is 5.78. The molecule has 0 saturated carbocycles. The van der Waals surface area contributed by atoms with E-state index in [4.69, 9.17) is 14.2 Å². The fourth-order valence-electron chi connectivity index (χ4n) is 1.12. The lowest BCUT2D eigenvalue weighted by Gasteiger charge is -2.20. The molecule has 1 rings (SSSR count). The SMILES string of the molecule is CCC(C)(C)C(=O)Oc1ccc(OCOC)cc1. The van der Waals surface area contributed by atoms with E-state index in [0.717, 1.165) is 6.42 Å². The average Bonchev–Trinajstić information content (AvgIpc) is 2.37. The molecule has 0 fully saturated rings. The monoisotopic (exact) mass is 252 g/mol. The summed E-state index contributed by atoms with van der Waals surface area (Å²) in [4.78, 5) is 11.8. The Hall–Kier alpha value is -1.55. The van der Waals surface area contributed by atoms with E-state index in [1.165, 1.54) is 0 Å². The topological polar surface area (TPSA) is 44.8 Å². The van der Waals surface area contributed by atoms with Gasteiger partial charge in [0.2, 0.25) is 0 Å². The molecule has 100 valence electrons. The number of esters is 1. The van der Waals surface area contributed by atoms with E-state index >= 15 is 0 Å². The lowest BCUT2D eigenvalue weighted by molar-refractivity contribution is -0.144. The predicted octanol–water partition coefficient (Wildman–Crippen LogP) is 3.01. The van der Waals surface area contributed by atoms with Gasteiger partial charge in [0, 0.05) is 7.11 Å². The number of rotatable bonds is 6. The highest BCUT2D eigenvalue weighted by atomic mass is 16.7. The molecule has 0 bridgehead atoms. The second-order valence-corrected chi connectivity index (χ2v) is 4.65. The van der Waals surface area contributed by atoms with E-state index in [2.05, 4.69) is 0 Å². The molecule has 18 heavy (non-hydrogen) atoms. The molecule has 0 spiro atoms. The third kappa shape index (κ3) is 4.04. The maximum absolute atomic E-state index is 11.8. The number of hydrogen-bond acceptors (Lipinski definition) is 4. The molecule has 0 heterocycles. The van der Waals surface area contributed by atoms with E-state index in [1.54, 1.807) is 31.4 Å². The Balaban J connectivity index is 2.61. The van der Waals surface area contributed by atoms with E-state index in [0.29, 0.717) is 11.5 Å². The summed E-state index contributed by atoms with van der Waals surface area (Å²) < 4.78 is 15.3. The molecule has 0 aliphatic carbocycles. The van der Waals surface area contributed by atoms with Gasteiger partial charge in [-0.2, -0.15) is 0 Å². The van der Waals surface area contributed by atoms with Gasteiger partial charge in [-0.1, -0.05) is 6.92 Å². The number of benzene rings is 1. The Morgan fingerprint density at radius 3 is 2.22 bits per heavy atom. The molecule has 1 aromatic carbocycles. The largest absolute Gasteiger partial charge is 0.468 e. The van der Waals surface area contributed by atoms with Crippen LogP contribution < -0.4 is 9.47 Å². The Bertz CT molecular complexity index is 381. The summed E-state index contributed by atoms with van der Waals surface area (Å²) in [5.74, 6) is 0.966. The Labute approximate surface area is 108 Å². The van der Waals surface area contributed by atoms with Gasteiger partial charge in [-0.05, 0) is 44.5 Å². The lowest BCUT2D eigenvalue weighted by Crippen LogP contribution is -2.28. The van der Waals surface area contributed by atoms with Crippen LogP contribution in [-0.2, 0) is 9.53 Å². The quantitative estimate of drug-likeness (QED) is 0.443. The highest BCUT2D eigenvalue weighted by Gasteiger charge is 2.27. The van der Waals surface area contributed by atoms with Crippen molar-refractivity contribution in [3.05, 3.63) is 24.3 Å². The smallest absolute Gasteiger partial charge is 0.316 e. The first-order valence-electron chi connectivity index (χ1n) is 5.93. The molecule has 0 N–H and O–H groups in total. The van der Waals surface area contributed by atoms with Crippen molar-refractivity contribution in [1.29, 1.82) is 0 Å². The maximum Gasteiger partial charge on any atom is 0.316 e. The van der Waals surface area contributed by atoms with Crippen molar-refractivity contribution in [2.45, 2.75) is 27.2 Å². The molecule has 0 saturated heterocycles. The van der Waals surface area contributed by atoms with Crippen molar-refractivity contribution in [3.8, 4) is 11.5 Å². The normalized spacial score (nSPS) is 11.1. The van der Waals surface area contributed by atoms with Gasteiger partial charge in [0.1, 0.15) is 11.5 Å². The van der Waals surface area contributed by atoms with Gasteiger partial charge in [-0.25, -0.2) is 0 Å². The Kier molecular flexibility index (Phi) is 5.16. The van der Waals surface area contributed by atoms with Crippen LogP contribution in [0.4, 0.5) is 0 Å². The molecule has 0 radical (unpaired) electrons. The van der Waals surface area contributed by atoms with Crippen molar-refractivity contribution in [1.82, 2.24) is 0 Å². The molecule has 1 aromatic rings. The standard InChI is InChI=1S/C14H20O4/c1-5-14(2,3)13(15)18-12-8-6-11(7-9-12)17-10-16-4/h6-9H,5,10H2,1-4H3. The fourth-order valence-corrected chi connectivity index (χ4v) is 1.12. The summed E-state index contributed by atoms with van der Waals surface area (Å²) in [6.07, 6.45) is 0.737. The number of methoxy groups -OCH3 is 1. The van der Waals surface area contributed by atoms with Crippen LogP contribution in [0, 0.1) is 5.41 Å². The first kappa shape index (κ1) is 14.5. The van der Waals surface area contributed by atoms with Crippen LogP contribution in [0.25, 0.3) is 0 Å².